The van der Waals surface area contributed by atoms with Crippen LogP contribution in [0, 0.1) is 12.8 Å². The molecule has 1 N–H and O–H groups in total. The lowest BCUT2D eigenvalue weighted by Crippen LogP contribution is -2.38. The van der Waals surface area contributed by atoms with Crippen molar-refractivity contribution in [3.63, 3.8) is 0 Å². The summed E-state index contributed by atoms with van der Waals surface area (Å²) in [5.41, 5.74) is 3.32. The molecule has 4 heterocycles. The molecule has 8 heteroatoms. The fourth-order valence-corrected chi connectivity index (χ4v) is 5.08. The molecule has 0 spiro atoms. The summed E-state index contributed by atoms with van der Waals surface area (Å²) < 4.78 is 9.84. The molecule has 3 aromatic rings. The van der Waals surface area contributed by atoms with Crippen LogP contribution in [0.2, 0.25) is 0 Å². The van der Waals surface area contributed by atoms with Gasteiger partial charge in [0, 0.05) is 43.8 Å². The monoisotopic (exact) mass is 424 g/mol. The number of piperidine rings is 1. The van der Waals surface area contributed by atoms with Crippen molar-refractivity contribution in [3.8, 4) is 0 Å². The number of fused-ring (bicyclic) bond motifs is 1. The van der Waals surface area contributed by atoms with Crippen molar-refractivity contribution in [2.24, 2.45) is 5.92 Å². The van der Waals surface area contributed by atoms with E-state index in [-0.39, 0.29) is 0 Å². The highest BCUT2D eigenvalue weighted by molar-refractivity contribution is 7.10. The summed E-state index contributed by atoms with van der Waals surface area (Å²) in [7, 11) is 0. The fraction of sp³-hybridized carbons (Fsp3) is 0.500. The maximum atomic E-state index is 5.48. The average Bonchev–Trinajstić information content (AvgIpc) is 3.23. The zero-order valence-electron chi connectivity index (χ0n) is 17.4. The first kappa shape index (κ1) is 19.5. The first-order chi connectivity index (χ1) is 14.8. The molecule has 2 aliphatic heterocycles. The number of morpholine rings is 1. The van der Waals surface area contributed by atoms with E-state index < -0.39 is 0 Å². The highest BCUT2D eigenvalue weighted by Crippen LogP contribution is 2.30. The normalized spacial score (nSPS) is 20.0. The number of anilines is 3. The molecule has 2 aliphatic rings. The van der Waals surface area contributed by atoms with Crippen LogP contribution < -0.4 is 15.1 Å². The van der Waals surface area contributed by atoms with E-state index in [9.17, 15) is 0 Å². The lowest BCUT2D eigenvalue weighted by Gasteiger charge is -2.34. The van der Waals surface area contributed by atoms with Crippen molar-refractivity contribution in [1.82, 2.24) is 14.3 Å². The number of nitrogens with one attached hydrogen (secondary N) is 1. The number of rotatable bonds is 5. The molecule has 0 radical (unpaired) electrons. The van der Waals surface area contributed by atoms with Gasteiger partial charge in [-0.3, -0.25) is 0 Å². The number of hydrogen-bond donors (Lipinski definition) is 1. The molecule has 158 valence electrons. The molecule has 30 heavy (non-hydrogen) atoms. The number of benzene rings is 1. The van der Waals surface area contributed by atoms with Crippen LogP contribution in [0.4, 0.5) is 16.5 Å². The van der Waals surface area contributed by atoms with Crippen LogP contribution in [-0.2, 0) is 4.74 Å². The second kappa shape index (κ2) is 8.73. The van der Waals surface area contributed by atoms with Gasteiger partial charge in [0.2, 0.25) is 0 Å². The fourth-order valence-electron chi connectivity index (χ4n) is 4.42. The topological polar surface area (TPSA) is 66.4 Å². The summed E-state index contributed by atoms with van der Waals surface area (Å²) in [5.74, 6) is 1.66. The standard InChI is InChI=1S/C22H28N6OS/c1-16-11-21(30-26-16)23-13-17-3-2-6-28(14-17)22-19-5-4-18(12-20(19)24-15-25-22)27-7-9-29-10-8-27/h4-5,11-12,15,17,23H,2-3,6-10,13-14H2,1H3. The highest BCUT2D eigenvalue weighted by atomic mass is 32.1. The third kappa shape index (κ3) is 4.20. The number of hydrogen-bond acceptors (Lipinski definition) is 8. The third-order valence-corrected chi connectivity index (χ3v) is 6.82. The van der Waals surface area contributed by atoms with E-state index in [4.69, 9.17) is 4.74 Å². The van der Waals surface area contributed by atoms with Gasteiger partial charge >= 0.3 is 0 Å². The van der Waals surface area contributed by atoms with Crippen LogP contribution in [0.25, 0.3) is 10.9 Å². The van der Waals surface area contributed by atoms with E-state index in [2.05, 4.69) is 53.7 Å². The van der Waals surface area contributed by atoms with E-state index in [0.717, 1.165) is 73.4 Å². The van der Waals surface area contributed by atoms with Gasteiger partial charge in [-0.1, -0.05) is 0 Å². The molecule has 1 aromatic carbocycles. The SMILES string of the molecule is Cc1cc(NCC2CCCN(c3ncnc4cc(N5CCOCC5)ccc34)C2)sn1. The molecule has 2 saturated heterocycles. The molecule has 2 aromatic heterocycles. The minimum Gasteiger partial charge on any atom is -0.378 e. The number of ether oxygens (including phenoxy) is 1. The van der Waals surface area contributed by atoms with E-state index in [1.54, 1.807) is 17.9 Å². The van der Waals surface area contributed by atoms with Gasteiger partial charge in [0.1, 0.15) is 17.1 Å². The van der Waals surface area contributed by atoms with Crippen LogP contribution >= 0.6 is 11.5 Å². The molecular weight excluding hydrogens is 396 g/mol. The Labute approximate surface area is 181 Å². The number of aromatic nitrogens is 3. The zero-order chi connectivity index (χ0) is 20.3. The van der Waals surface area contributed by atoms with Gasteiger partial charge in [-0.2, -0.15) is 4.37 Å². The van der Waals surface area contributed by atoms with E-state index in [0.29, 0.717) is 5.92 Å². The smallest absolute Gasteiger partial charge is 0.139 e. The molecule has 1 atom stereocenters. The van der Waals surface area contributed by atoms with Crippen LogP contribution in [0.1, 0.15) is 18.5 Å². The largest absolute Gasteiger partial charge is 0.378 e. The first-order valence-electron chi connectivity index (χ1n) is 10.8. The Morgan fingerprint density at radius 2 is 2.03 bits per heavy atom. The van der Waals surface area contributed by atoms with Crippen LogP contribution in [-0.4, -0.2) is 60.3 Å². The maximum absolute atomic E-state index is 5.48. The Morgan fingerprint density at radius 3 is 2.87 bits per heavy atom. The molecule has 0 saturated carbocycles. The second-order valence-corrected chi connectivity index (χ2v) is 8.97. The Morgan fingerprint density at radius 1 is 1.13 bits per heavy atom. The van der Waals surface area contributed by atoms with Crippen molar-refractivity contribution in [3.05, 3.63) is 36.3 Å². The molecule has 0 amide bonds. The summed E-state index contributed by atoms with van der Waals surface area (Å²) in [6.45, 7) is 8.52. The molecule has 2 fully saturated rings. The van der Waals surface area contributed by atoms with E-state index in [1.165, 1.54) is 18.5 Å². The maximum Gasteiger partial charge on any atom is 0.139 e. The molecular formula is C22H28N6OS. The minimum absolute atomic E-state index is 0.596. The molecule has 0 bridgehead atoms. The van der Waals surface area contributed by atoms with Crippen LogP contribution in [0.5, 0.6) is 0 Å². The van der Waals surface area contributed by atoms with Crippen molar-refractivity contribution < 1.29 is 4.74 Å². The molecule has 0 aliphatic carbocycles. The van der Waals surface area contributed by atoms with Crippen molar-refractivity contribution in [1.29, 1.82) is 0 Å². The van der Waals surface area contributed by atoms with Gasteiger partial charge in [0.15, 0.2) is 0 Å². The predicted molar refractivity (Wildman–Crippen MR) is 123 cm³/mol. The summed E-state index contributed by atoms with van der Waals surface area (Å²) in [6.07, 6.45) is 4.14. The molecule has 7 nitrogen and oxygen atoms in total. The lowest BCUT2D eigenvalue weighted by molar-refractivity contribution is 0.122. The Balaban J connectivity index is 1.31. The highest BCUT2D eigenvalue weighted by Gasteiger charge is 2.23. The minimum atomic E-state index is 0.596. The second-order valence-electron chi connectivity index (χ2n) is 8.17. The third-order valence-electron chi connectivity index (χ3n) is 5.99. The summed E-state index contributed by atoms with van der Waals surface area (Å²) in [6, 6.07) is 8.71. The Hall–Kier alpha value is -2.45. The quantitative estimate of drug-likeness (QED) is 0.672. The molecule has 1 unspecified atom stereocenters. The van der Waals surface area contributed by atoms with Gasteiger partial charge in [-0.15, -0.1) is 0 Å². The van der Waals surface area contributed by atoms with Gasteiger partial charge < -0.3 is 19.9 Å². The van der Waals surface area contributed by atoms with Gasteiger partial charge in [-0.05, 0) is 61.5 Å². The number of aryl methyl sites for hydroxylation is 1. The average molecular weight is 425 g/mol. The van der Waals surface area contributed by atoms with Crippen LogP contribution in [0.3, 0.4) is 0 Å². The van der Waals surface area contributed by atoms with Crippen LogP contribution in [0.15, 0.2) is 30.6 Å². The van der Waals surface area contributed by atoms with Gasteiger partial charge in [-0.25, -0.2) is 9.97 Å². The van der Waals surface area contributed by atoms with Gasteiger partial charge in [0.25, 0.3) is 0 Å². The zero-order valence-corrected chi connectivity index (χ0v) is 18.2. The summed E-state index contributed by atoms with van der Waals surface area (Å²) in [4.78, 5) is 14.1. The summed E-state index contributed by atoms with van der Waals surface area (Å²) in [5, 5.41) is 5.87. The molecule has 5 rings (SSSR count). The first-order valence-corrected chi connectivity index (χ1v) is 11.5. The van der Waals surface area contributed by atoms with Crippen molar-refractivity contribution >= 4 is 38.9 Å². The number of nitrogens with zero attached hydrogens (tertiary/aromatic N) is 5. The predicted octanol–water partition coefficient (Wildman–Crippen LogP) is 3.56. The summed E-state index contributed by atoms with van der Waals surface area (Å²) >= 11 is 1.54. The van der Waals surface area contributed by atoms with Crippen molar-refractivity contribution in [2.75, 3.05) is 61.1 Å². The van der Waals surface area contributed by atoms with Gasteiger partial charge in [0.05, 0.1) is 24.4 Å². The lowest BCUT2D eigenvalue weighted by atomic mass is 9.97. The Kier molecular flexibility index (Phi) is 5.68. The van der Waals surface area contributed by atoms with E-state index >= 15 is 0 Å². The van der Waals surface area contributed by atoms with E-state index in [1.807, 2.05) is 6.92 Å². The van der Waals surface area contributed by atoms with Crippen molar-refractivity contribution in [2.45, 2.75) is 19.8 Å². The Bertz CT molecular complexity index is 1000.